The van der Waals surface area contributed by atoms with E-state index in [0.29, 0.717) is 24.4 Å². The van der Waals surface area contributed by atoms with E-state index in [0.717, 1.165) is 19.2 Å². The molecule has 0 atom stereocenters. The third-order valence-electron chi connectivity index (χ3n) is 4.29. The van der Waals surface area contributed by atoms with Crippen molar-refractivity contribution in [2.75, 3.05) is 45.2 Å². The van der Waals surface area contributed by atoms with Gasteiger partial charge >= 0.3 is 6.18 Å². The number of anilines is 1. The number of quaternary nitrogens is 1. The van der Waals surface area contributed by atoms with Crippen LogP contribution in [0.25, 0.3) is 11.3 Å². The van der Waals surface area contributed by atoms with Gasteiger partial charge in [-0.25, -0.2) is 9.97 Å². The lowest BCUT2D eigenvalue weighted by atomic mass is 10.1. The van der Waals surface area contributed by atoms with E-state index in [1.165, 1.54) is 12.0 Å². The van der Waals surface area contributed by atoms with E-state index in [4.69, 9.17) is 4.74 Å². The second kappa shape index (κ2) is 6.87. The number of alkyl halides is 3. The quantitative estimate of drug-likeness (QED) is 0.908. The molecule has 0 saturated carbocycles. The van der Waals surface area contributed by atoms with Gasteiger partial charge in [0.15, 0.2) is 5.69 Å². The van der Waals surface area contributed by atoms with Crippen LogP contribution in [0.15, 0.2) is 30.3 Å². The molecule has 1 aromatic heterocycles. The van der Waals surface area contributed by atoms with E-state index < -0.39 is 11.9 Å². The molecule has 1 fully saturated rings. The maximum Gasteiger partial charge on any atom is 0.433 e. The summed E-state index contributed by atoms with van der Waals surface area (Å²) in [7, 11) is 3.60. The second-order valence-corrected chi connectivity index (χ2v) is 6.11. The van der Waals surface area contributed by atoms with Crippen molar-refractivity contribution < 1.29 is 22.8 Å². The molecule has 25 heavy (non-hydrogen) atoms. The van der Waals surface area contributed by atoms with Crippen molar-refractivity contribution in [3.8, 4) is 17.0 Å². The standard InChI is InChI=1S/C17H19F3N4O/c1-23-7-9-24(10-8-23)16-21-14(11-15(22-16)17(18,19)20)12-3-5-13(25-2)6-4-12/h3-6,11H,7-10H2,1-2H3/p+1. The lowest BCUT2D eigenvalue weighted by molar-refractivity contribution is -0.880. The average Bonchev–Trinajstić information content (AvgIpc) is 2.61. The molecular weight excluding hydrogens is 333 g/mol. The summed E-state index contributed by atoms with van der Waals surface area (Å²) in [6, 6.07) is 7.78. The summed E-state index contributed by atoms with van der Waals surface area (Å²) in [6.07, 6.45) is -4.52. The molecule has 0 aliphatic carbocycles. The van der Waals surface area contributed by atoms with Crippen LogP contribution in [-0.2, 0) is 6.18 Å². The highest BCUT2D eigenvalue weighted by Gasteiger charge is 2.34. The van der Waals surface area contributed by atoms with Crippen molar-refractivity contribution in [2.24, 2.45) is 0 Å². The van der Waals surface area contributed by atoms with Crippen molar-refractivity contribution in [3.63, 3.8) is 0 Å². The summed E-state index contributed by atoms with van der Waals surface area (Å²) >= 11 is 0. The molecule has 3 rings (SSSR count). The molecule has 5 nitrogen and oxygen atoms in total. The largest absolute Gasteiger partial charge is 0.497 e. The molecule has 0 unspecified atom stereocenters. The Balaban J connectivity index is 2.00. The minimum absolute atomic E-state index is 0.133. The molecule has 0 bridgehead atoms. The number of nitrogens with one attached hydrogen (secondary N) is 1. The molecule has 0 amide bonds. The number of piperazine rings is 1. The summed E-state index contributed by atoms with van der Waals surface area (Å²) in [5.74, 6) is 0.768. The molecule has 1 aliphatic rings. The van der Waals surface area contributed by atoms with Crippen LogP contribution < -0.4 is 14.5 Å². The fourth-order valence-corrected chi connectivity index (χ4v) is 2.72. The van der Waals surface area contributed by atoms with Crippen molar-refractivity contribution in [3.05, 3.63) is 36.0 Å². The summed E-state index contributed by atoms with van der Waals surface area (Å²) in [4.78, 5) is 11.3. The maximum atomic E-state index is 13.3. The van der Waals surface area contributed by atoms with Crippen LogP contribution in [0, 0.1) is 0 Å². The fourth-order valence-electron chi connectivity index (χ4n) is 2.72. The minimum Gasteiger partial charge on any atom is -0.497 e. The fraction of sp³-hybridized carbons (Fsp3) is 0.412. The number of rotatable bonds is 3. The Morgan fingerprint density at radius 3 is 2.28 bits per heavy atom. The van der Waals surface area contributed by atoms with E-state index in [9.17, 15) is 13.2 Å². The van der Waals surface area contributed by atoms with Gasteiger partial charge in [-0.3, -0.25) is 0 Å². The van der Waals surface area contributed by atoms with Gasteiger partial charge in [0.05, 0.1) is 46.0 Å². The van der Waals surface area contributed by atoms with Crippen LogP contribution in [0.4, 0.5) is 19.1 Å². The number of ether oxygens (including phenoxy) is 1. The van der Waals surface area contributed by atoms with Gasteiger partial charge in [0, 0.05) is 5.56 Å². The van der Waals surface area contributed by atoms with Crippen LogP contribution in [0.1, 0.15) is 5.69 Å². The Bertz CT molecular complexity index is 726. The van der Waals surface area contributed by atoms with Gasteiger partial charge in [0.25, 0.3) is 0 Å². The van der Waals surface area contributed by atoms with Gasteiger partial charge < -0.3 is 14.5 Å². The van der Waals surface area contributed by atoms with E-state index in [1.807, 2.05) is 4.90 Å². The number of hydrogen-bond acceptors (Lipinski definition) is 4. The Hall–Kier alpha value is -2.35. The first kappa shape index (κ1) is 17.5. The zero-order valence-corrected chi connectivity index (χ0v) is 14.1. The number of nitrogens with zero attached hydrogens (tertiary/aromatic N) is 3. The number of benzene rings is 1. The van der Waals surface area contributed by atoms with E-state index >= 15 is 0 Å². The highest BCUT2D eigenvalue weighted by molar-refractivity contribution is 5.62. The minimum atomic E-state index is -4.52. The topological polar surface area (TPSA) is 42.7 Å². The number of methoxy groups -OCH3 is 1. The molecule has 1 aliphatic heterocycles. The summed E-state index contributed by atoms with van der Waals surface area (Å²) in [5.41, 5.74) is -0.0736. The van der Waals surface area contributed by atoms with Crippen LogP contribution in [0.5, 0.6) is 5.75 Å². The van der Waals surface area contributed by atoms with Gasteiger partial charge in [0.1, 0.15) is 5.75 Å². The third-order valence-corrected chi connectivity index (χ3v) is 4.29. The SMILES string of the molecule is COc1ccc(-c2cc(C(F)(F)F)nc(N3CC[NH+](C)CC3)n2)cc1. The first-order chi connectivity index (χ1) is 11.9. The first-order valence-corrected chi connectivity index (χ1v) is 8.04. The normalized spacial score (nSPS) is 16.1. The zero-order valence-electron chi connectivity index (χ0n) is 14.1. The first-order valence-electron chi connectivity index (χ1n) is 8.04. The van der Waals surface area contributed by atoms with Crippen molar-refractivity contribution in [2.45, 2.75) is 6.18 Å². The van der Waals surface area contributed by atoms with Crippen LogP contribution in [0.2, 0.25) is 0 Å². The second-order valence-electron chi connectivity index (χ2n) is 6.11. The Kier molecular flexibility index (Phi) is 4.80. The van der Waals surface area contributed by atoms with Crippen LogP contribution in [-0.4, -0.2) is 50.3 Å². The molecule has 2 aromatic rings. The molecule has 134 valence electrons. The summed E-state index contributed by atoms with van der Waals surface area (Å²) in [5, 5.41) is 0. The number of likely N-dealkylation sites (N-methyl/N-ethyl adjacent to an activating group) is 1. The van der Waals surface area contributed by atoms with Gasteiger partial charge in [-0.15, -0.1) is 0 Å². The van der Waals surface area contributed by atoms with Crippen molar-refractivity contribution in [1.82, 2.24) is 9.97 Å². The predicted octanol–water partition coefficient (Wildman–Crippen LogP) is 1.51. The number of halogens is 3. The average molecular weight is 353 g/mol. The Morgan fingerprint density at radius 1 is 1.08 bits per heavy atom. The lowest BCUT2D eigenvalue weighted by Gasteiger charge is -2.30. The van der Waals surface area contributed by atoms with E-state index in [1.54, 1.807) is 24.3 Å². The van der Waals surface area contributed by atoms with Crippen molar-refractivity contribution in [1.29, 1.82) is 0 Å². The molecule has 0 radical (unpaired) electrons. The van der Waals surface area contributed by atoms with E-state index in [-0.39, 0.29) is 11.6 Å². The Morgan fingerprint density at radius 2 is 1.72 bits per heavy atom. The van der Waals surface area contributed by atoms with Gasteiger partial charge in [-0.05, 0) is 30.3 Å². The molecule has 1 N–H and O–H groups in total. The highest BCUT2D eigenvalue weighted by Crippen LogP contribution is 2.32. The smallest absolute Gasteiger partial charge is 0.433 e. The molecule has 1 saturated heterocycles. The van der Waals surface area contributed by atoms with Gasteiger partial charge in [0.2, 0.25) is 5.95 Å². The maximum absolute atomic E-state index is 13.3. The van der Waals surface area contributed by atoms with Gasteiger partial charge in [-0.2, -0.15) is 13.2 Å². The summed E-state index contributed by atoms with van der Waals surface area (Å²) < 4.78 is 44.9. The highest BCUT2D eigenvalue weighted by atomic mass is 19.4. The molecule has 8 heteroatoms. The third kappa shape index (κ3) is 4.01. The molecular formula is C17H20F3N4O+. The predicted molar refractivity (Wildman–Crippen MR) is 87.9 cm³/mol. The molecule has 0 spiro atoms. The van der Waals surface area contributed by atoms with E-state index in [2.05, 4.69) is 17.0 Å². The lowest BCUT2D eigenvalue weighted by Crippen LogP contribution is -3.12. The zero-order chi connectivity index (χ0) is 18.0. The van der Waals surface area contributed by atoms with Crippen LogP contribution >= 0.6 is 0 Å². The molecule has 1 aromatic carbocycles. The van der Waals surface area contributed by atoms with Crippen LogP contribution in [0.3, 0.4) is 0 Å². The summed E-state index contributed by atoms with van der Waals surface area (Å²) in [6.45, 7) is 2.96. The number of aromatic nitrogens is 2. The molecule has 2 heterocycles. The monoisotopic (exact) mass is 353 g/mol. The van der Waals surface area contributed by atoms with Gasteiger partial charge in [-0.1, -0.05) is 0 Å². The Labute approximate surface area is 144 Å². The number of hydrogen-bond donors (Lipinski definition) is 1. The van der Waals surface area contributed by atoms with Crippen molar-refractivity contribution >= 4 is 5.95 Å².